The molecular formula is C21H35N3O. The second-order valence-electron chi connectivity index (χ2n) is 8.10. The van der Waals surface area contributed by atoms with Crippen LogP contribution in [0, 0.1) is 19.8 Å². The molecule has 0 N–H and O–H groups in total. The summed E-state index contributed by atoms with van der Waals surface area (Å²) in [5.74, 6) is 1.84. The van der Waals surface area contributed by atoms with Gasteiger partial charge in [0, 0.05) is 45.8 Å². The zero-order valence-corrected chi connectivity index (χ0v) is 16.6. The molecule has 0 spiro atoms. The third-order valence-electron chi connectivity index (χ3n) is 5.96. The fraction of sp³-hybridized carbons (Fsp3) is 0.714. The summed E-state index contributed by atoms with van der Waals surface area (Å²) >= 11 is 0. The highest BCUT2D eigenvalue weighted by atomic mass is 16.5. The fourth-order valence-electron chi connectivity index (χ4n) is 4.32. The Bertz CT molecular complexity index is 567. The van der Waals surface area contributed by atoms with Gasteiger partial charge in [0.25, 0.3) is 0 Å². The summed E-state index contributed by atoms with van der Waals surface area (Å²) in [6, 6.07) is 4.51. The standard InChI is InChI=1S/C21H35N3O/c1-17-13-21(25-4)18(2)12-20(17)16-24-7-5-6-19(15-24)14-23-10-8-22(3)9-11-23/h12-13,19H,5-11,14-16H2,1-4H3. The quantitative estimate of drug-likeness (QED) is 0.817. The molecule has 0 bridgehead atoms. The van der Waals surface area contributed by atoms with Gasteiger partial charge in [-0.25, -0.2) is 0 Å². The number of piperazine rings is 1. The van der Waals surface area contributed by atoms with Gasteiger partial charge in [0.1, 0.15) is 5.75 Å². The van der Waals surface area contributed by atoms with E-state index in [-0.39, 0.29) is 0 Å². The number of benzene rings is 1. The zero-order valence-electron chi connectivity index (χ0n) is 16.6. The Morgan fingerprint density at radius 3 is 2.48 bits per heavy atom. The van der Waals surface area contributed by atoms with Crippen LogP contribution in [0.2, 0.25) is 0 Å². The van der Waals surface area contributed by atoms with E-state index in [4.69, 9.17) is 4.74 Å². The lowest BCUT2D eigenvalue weighted by Crippen LogP contribution is -2.48. The van der Waals surface area contributed by atoms with Gasteiger partial charge in [-0.05, 0) is 69.0 Å². The van der Waals surface area contributed by atoms with Crippen LogP contribution < -0.4 is 4.74 Å². The van der Waals surface area contributed by atoms with Gasteiger partial charge in [0.2, 0.25) is 0 Å². The predicted octanol–water partition coefficient (Wildman–Crippen LogP) is 2.77. The van der Waals surface area contributed by atoms with Gasteiger partial charge < -0.3 is 14.5 Å². The van der Waals surface area contributed by atoms with E-state index in [1.54, 1.807) is 7.11 Å². The van der Waals surface area contributed by atoms with Crippen LogP contribution in [-0.2, 0) is 6.54 Å². The smallest absolute Gasteiger partial charge is 0.122 e. The zero-order chi connectivity index (χ0) is 17.8. The summed E-state index contributed by atoms with van der Waals surface area (Å²) < 4.78 is 5.46. The normalized spacial score (nSPS) is 23.8. The number of likely N-dealkylation sites (N-methyl/N-ethyl adjacent to an activating group) is 1. The first-order valence-corrected chi connectivity index (χ1v) is 9.82. The molecule has 2 heterocycles. The molecular weight excluding hydrogens is 310 g/mol. The Hall–Kier alpha value is -1.10. The van der Waals surface area contributed by atoms with Gasteiger partial charge in [-0.3, -0.25) is 4.90 Å². The second kappa shape index (κ2) is 8.52. The Balaban J connectivity index is 1.56. The van der Waals surface area contributed by atoms with E-state index in [1.165, 1.54) is 75.3 Å². The van der Waals surface area contributed by atoms with Crippen LogP contribution in [-0.4, -0.2) is 74.7 Å². The molecule has 1 atom stereocenters. The molecule has 0 aromatic heterocycles. The average Bonchev–Trinajstić information content (AvgIpc) is 2.60. The first kappa shape index (κ1) is 18.7. The summed E-state index contributed by atoms with van der Waals surface area (Å²) in [6.45, 7) is 14.1. The lowest BCUT2D eigenvalue weighted by atomic mass is 9.96. The highest BCUT2D eigenvalue weighted by Crippen LogP contribution is 2.25. The van der Waals surface area contributed by atoms with Crippen molar-refractivity contribution in [3.05, 3.63) is 28.8 Å². The Kier molecular flexibility index (Phi) is 6.37. The third kappa shape index (κ3) is 4.96. The van der Waals surface area contributed by atoms with Crippen LogP contribution in [0.25, 0.3) is 0 Å². The van der Waals surface area contributed by atoms with Gasteiger partial charge in [0.15, 0.2) is 0 Å². The van der Waals surface area contributed by atoms with Crippen molar-refractivity contribution in [3.63, 3.8) is 0 Å². The molecule has 1 aromatic rings. The minimum absolute atomic E-state index is 0.830. The first-order chi connectivity index (χ1) is 12.0. The largest absolute Gasteiger partial charge is 0.496 e. The second-order valence-corrected chi connectivity index (χ2v) is 8.10. The minimum Gasteiger partial charge on any atom is -0.496 e. The van der Waals surface area contributed by atoms with Crippen LogP contribution in [0.3, 0.4) is 0 Å². The van der Waals surface area contributed by atoms with E-state index >= 15 is 0 Å². The van der Waals surface area contributed by atoms with Crippen LogP contribution in [0.5, 0.6) is 5.75 Å². The van der Waals surface area contributed by atoms with E-state index in [1.807, 2.05) is 0 Å². The Labute approximate surface area is 153 Å². The van der Waals surface area contributed by atoms with Crippen molar-refractivity contribution < 1.29 is 4.74 Å². The molecule has 3 rings (SSSR count). The maximum absolute atomic E-state index is 5.46. The molecule has 4 heteroatoms. The number of hydrogen-bond donors (Lipinski definition) is 0. The molecule has 0 radical (unpaired) electrons. The van der Waals surface area contributed by atoms with E-state index < -0.39 is 0 Å². The van der Waals surface area contributed by atoms with Gasteiger partial charge in [-0.2, -0.15) is 0 Å². The van der Waals surface area contributed by atoms with Gasteiger partial charge in [0.05, 0.1) is 7.11 Å². The lowest BCUT2D eigenvalue weighted by Gasteiger charge is -2.38. The molecule has 1 unspecified atom stereocenters. The van der Waals surface area contributed by atoms with E-state index in [0.717, 1.165) is 18.2 Å². The number of hydrogen-bond acceptors (Lipinski definition) is 4. The van der Waals surface area contributed by atoms with E-state index in [2.05, 4.69) is 47.7 Å². The Morgan fingerprint density at radius 2 is 1.76 bits per heavy atom. The molecule has 25 heavy (non-hydrogen) atoms. The van der Waals surface area contributed by atoms with Crippen molar-refractivity contribution in [1.29, 1.82) is 0 Å². The van der Waals surface area contributed by atoms with Gasteiger partial charge in [-0.1, -0.05) is 6.07 Å². The summed E-state index contributed by atoms with van der Waals surface area (Å²) in [5.41, 5.74) is 4.05. The molecule has 0 saturated carbocycles. The van der Waals surface area contributed by atoms with E-state index in [0.29, 0.717) is 0 Å². The van der Waals surface area contributed by atoms with Crippen molar-refractivity contribution in [3.8, 4) is 5.75 Å². The number of methoxy groups -OCH3 is 1. The maximum Gasteiger partial charge on any atom is 0.122 e. The van der Waals surface area contributed by atoms with Gasteiger partial charge in [-0.15, -0.1) is 0 Å². The van der Waals surface area contributed by atoms with Crippen LogP contribution in [0.4, 0.5) is 0 Å². The average molecular weight is 346 g/mol. The molecule has 2 aliphatic heterocycles. The first-order valence-electron chi connectivity index (χ1n) is 9.82. The molecule has 0 aliphatic carbocycles. The number of nitrogens with zero attached hydrogens (tertiary/aromatic N) is 3. The summed E-state index contributed by atoms with van der Waals surface area (Å²) in [7, 11) is 3.99. The SMILES string of the molecule is COc1cc(C)c(CN2CCCC(CN3CCN(C)CC3)C2)cc1C. The molecule has 0 amide bonds. The molecule has 2 aliphatic rings. The number of piperidine rings is 1. The topological polar surface area (TPSA) is 19.0 Å². The van der Waals surface area contributed by atoms with Crippen molar-refractivity contribution in [2.45, 2.75) is 33.2 Å². The van der Waals surface area contributed by atoms with Crippen molar-refractivity contribution >= 4 is 0 Å². The Morgan fingerprint density at radius 1 is 1.00 bits per heavy atom. The number of likely N-dealkylation sites (tertiary alicyclic amines) is 1. The van der Waals surface area contributed by atoms with Crippen LogP contribution >= 0.6 is 0 Å². The number of rotatable bonds is 5. The van der Waals surface area contributed by atoms with Crippen LogP contribution in [0.1, 0.15) is 29.5 Å². The van der Waals surface area contributed by atoms with E-state index in [9.17, 15) is 0 Å². The van der Waals surface area contributed by atoms with Crippen molar-refractivity contribution in [2.24, 2.45) is 5.92 Å². The number of ether oxygens (including phenoxy) is 1. The summed E-state index contributed by atoms with van der Waals surface area (Å²) in [4.78, 5) is 7.79. The summed E-state index contributed by atoms with van der Waals surface area (Å²) in [6.07, 6.45) is 2.73. The minimum atomic E-state index is 0.830. The van der Waals surface area contributed by atoms with Crippen molar-refractivity contribution in [2.75, 3.05) is 60.0 Å². The third-order valence-corrected chi connectivity index (χ3v) is 5.96. The molecule has 2 saturated heterocycles. The number of aryl methyl sites for hydroxylation is 2. The summed E-state index contributed by atoms with van der Waals surface area (Å²) in [5, 5.41) is 0. The lowest BCUT2D eigenvalue weighted by molar-refractivity contribution is 0.0965. The van der Waals surface area contributed by atoms with Crippen molar-refractivity contribution in [1.82, 2.24) is 14.7 Å². The maximum atomic E-state index is 5.46. The fourth-order valence-corrected chi connectivity index (χ4v) is 4.32. The molecule has 4 nitrogen and oxygen atoms in total. The molecule has 2 fully saturated rings. The highest BCUT2D eigenvalue weighted by molar-refractivity contribution is 5.41. The molecule has 1 aromatic carbocycles. The van der Waals surface area contributed by atoms with Gasteiger partial charge >= 0.3 is 0 Å². The highest BCUT2D eigenvalue weighted by Gasteiger charge is 2.24. The van der Waals surface area contributed by atoms with Crippen LogP contribution in [0.15, 0.2) is 12.1 Å². The molecule has 140 valence electrons. The predicted molar refractivity (Wildman–Crippen MR) is 104 cm³/mol. The monoisotopic (exact) mass is 345 g/mol.